The van der Waals surface area contributed by atoms with Crippen molar-refractivity contribution in [2.75, 3.05) is 13.1 Å². The summed E-state index contributed by atoms with van der Waals surface area (Å²) < 4.78 is 4.27. The highest BCUT2D eigenvalue weighted by Gasteiger charge is 2.31. The molecular formula is C16H25N5. The fraction of sp³-hybridized carbons (Fsp3) is 0.625. The summed E-state index contributed by atoms with van der Waals surface area (Å²) in [6.45, 7) is 9.64. The van der Waals surface area contributed by atoms with Crippen molar-refractivity contribution in [1.29, 1.82) is 0 Å². The van der Waals surface area contributed by atoms with Crippen molar-refractivity contribution in [3.63, 3.8) is 0 Å². The maximum Gasteiger partial charge on any atom is 0.0951 e. The summed E-state index contributed by atoms with van der Waals surface area (Å²) in [5.74, 6) is 0. The van der Waals surface area contributed by atoms with Gasteiger partial charge in [-0.15, -0.1) is 0 Å². The van der Waals surface area contributed by atoms with Crippen molar-refractivity contribution in [1.82, 2.24) is 24.6 Å². The summed E-state index contributed by atoms with van der Waals surface area (Å²) in [4.78, 5) is 4.42. The molecule has 2 aromatic rings. The predicted molar refractivity (Wildman–Crippen MR) is 83.5 cm³/mol. The summed E-state index contributed by atoms with van der Waals surface area (Å²) in [5.41, 5.74) is 5.25. The van der Waals surface area contributed by atoms with E-state index in [0.29, 0.717) is 0 Å². The first-order chi connectivity index (χ1) is 10.0. The summed E-state index contributed by atoms with van der Waals surface area (Å²) in [7, 11) is 2.01. The number of piperidine rings is 1. The zero-order valence-corrected chi connectivity index (χ0v) is 13.5. The molecule has 21 heavy (non-hydrogen) atoms. The number of hydrogen-bond acceptors (Lipinski definition) is 3. The maximum absolute atomic E-state index is 4.52. The first-order valence-electron chi connectivity index (χ1n) is 7.72. The van der Waals surface area contributed by atoms with E-state index in [0.717, 1.165) is 25.3 Å². The average Bonchev–Trinajstić information content (AvgIpc) is 3.01. The lowest BCUT2D eigenvalue weighted by atomic mass is 9.78. The highest BCUT2D eigenvalue weighted by atomic mass is 15.3. The smallest absolute Gasteiger partial charge is 0.0951 e. The number of nitrogens with one attached hydrogen (secondary N) is 1. The number of aromatic nitrogens is 4. The van der Waals surface area contributed by atoms with Gasteiger partial charge in [-0.05, 0) is 39.8 Å². The van der Waals surface area contributed by atoms with Crippen molar-refractivity contribution in [2.24, 2.45) is 7.05 Å². The number of nitrogens with zero attached hydrogens (tertiary/aromatic N) is 4. The van der Waals surface area contributed by atoms with Crippen LogP contribution in [-0.2, 0) is 19.0 Å². The summed E-state index contributed by atoms with van der Waals surface area (Å²) in [6, 6.07) is 0. The van der Waals surface area contributed by atoms with E-state index in [-0.39, 0.29) is 5.41 Å². The van der Waals surface area contributed by atoms with Gasteiger partial charge < -0.3 is 9.88 Å². The van der Waals surface area contributed by atoms with Gasteiger partial charge in [0.05, 0.1) is 18.6 Å². The molecule has 114 valence electrons. The van der Waals surface area contributed by atoms with E-state index in [2.05, 4.69) is 40.7 Å². The molecule has 0 atom stereocenters. The van der Waals surface area contributed by atoms with E-state index < -0.39 is 0 Å². The summed E-state index contributed by atoms with van der Waals surface area (Å²) in [5, 5.41) is 7.97. The summed E-state index contributed by atoms with van der Waals surface area (Å²) in [6.07, 6.45) is 6.36. The predicted octanol–water partition coefficient (Wildman–Crippen LogP) is 1.92. The topological polar surface area (TPSA) is 47.7 Å². The third kappa shape index (κ3) is 2.50. The van der Waals surface area contributed by atoms with E-state index in [1.54, 1.807) is 0 Å². The molecule has 0 saturated carbocycles. The van der Waals surface area contributed by atoms with Crippen LogP contribution in [0.1, 0.15) is 42.4 Å². The van der Waals surface area contributed by atoms with Crippen molar-refractivity contribution < 1.29 is 0 Å². The minimum atomic E-state index is 0.228. The van der Waals surface area contributed by atoms with Crippen LogP contribution in [0.5, 0.6) is 0 Å². The van der Waals surface area contributed by atoms with Crippen LogP contribution in [0.15, 0.2) is 12.5 Å². The molecule has 0 bridgehead atoms. The highest BCUT2D eigenvalue weighted by molar-refractivity contribution is 5.26. The van der Waals surface area contributed by atoms with E-state index in [4.69, 9.17) is 0 Å². The Balaban J connectivity index is 1.92. The zero-order chi connectivity index (χ0) is 15.0. The lowest BCUT2D eigenvalue weighted by Crippen LogP contribution is -2.39. The van der Waals surface area contributed by atoms with E-state index in [1.165, 1.54) is 29.8 Å². The van der Waals surface area contributed by atoms with Gasteiger partial charge in [0.2, 0.25) is 0 Å². The van der Waals surface area contributed by atoms with Crippen LogP contribution in [-0.4, -0.2) is 32.4 Å². The first-order valence-corrected chi connectivity index (χ1v) is 7.72. The molecule has 0 radical (unpaired) electrons. The minimum Gasteiger partial charge on any atom is -0.329 e. The number of rotatable bonds is 3. The van der Waals surface area contributed by atoms with Crippen molar-refractivity contribution in [2.45, 2.75) is 45.6 Å². The van der Waals surface area contributed by atoms with Crippen LogP contribution in [0.25, 0.3) is 0 Å². The molecule has 3 rings (SSSR count). The quantitative estimate of drug-likeness (QED) is 0.938. The third-order valence-electron chi connectivity index (χ3n) is 5.03. The lowest BCUT2D eigenvalue weighted by Gasteiger charge is -2.34. The van der Waals surface area contributed by atoms with Gasteiger partial charge in [0.1, 0.15) is 0 Å². The molecule has 5 nitrogen and oxygen atoms in total. The van der Waals surface area contributed by atoms with Crippen LogP contribution in [0.2, 0.25) is 0 Å². The second-order valence-electron chi connectivity index (χ2n) is 6.49. The molecule has 1 N–H and O–H groups in total. The van der Waals surface area contributed by atoms with Crippen LogP contribution in [0.3, 0.4) is 0 Å². The Morgan fingerprint density at radius 3 is 2.62 bits per heavy atom. The number of hydrogen-bond donors (Lipinski definition) is 1. The molecular weight excluding hydrogens is 262 g/mol. The van der Waals surface area contributed by atoms with Crippen molar-refractivity contribution >= 4 is 0 Å². The molecule has 2 aromatic heterocycles. The first kappa shape index (κ1) is 14.3. The van der Waals surface area contributed by atoms with Gasteiger partial charge in [0.15, 0.2) is 0 Å². The Morgan fingerprint density at radius 1 is 1.29 bits per heavy atom. The Morgan fingerprint density at radius 2 is 2.00 bits per heavy atom. The molecule has 0 amide bonds. The Bertz CT molecular complexity index is 631. The molecule has 0 aliphatic carbocycles. The molecule has 0 spiro atoms. The molecule has 3 heterocycles. The molecule has 0 aromatic carbocycles. The molecule has 1 fully saturated rings. The van der Waals surface area contributed by atoms with Gasteiger partial charge in [-0.1, -0.05) is 6.92 Å². The monoisotopic (exact) mass is 287 g/mol. The van der Waals surface area contributed by atoms with Gasteiger partial charge in [-0.3, -0.25) is 4.68 Å². The molecule has 1 aliphatic heterocycles. The fourth-order valence-electron chi connectivity index (χ4n) is 3.40. The number of aryl methyl sites for hydroxylation is 2. The van der Waals surface area contributed by atoms with Crippen LogP contribution < -0.4 is 5.32 Å². The van der Waals surface area contributed by atoms with Crippen LogP contribution in [0.4, 0.5) is 0 Å². The van der Waals surface area contributed by atoms with Gasteiger partial charge in [0.25, 0.3) is 0 Å². The maximum atomic E-state index is 4.52. The van der Waals surface area contributed by atoms with Gasteiger partial charge in [0, 0.05) is 35.6 Å². The second kappa shape index (κ2) is 5.30. The zero-order valence-electron chi connectivity index (χ0n) is 13.5. The van der Waals surface area contributed by atoms with Crippen molar-refractivity contribution in [3.05, 3.63) is 35.2 Å². The van der Waals surface area contributed by atoms with E-state index in [1.807, 2.05) is 24.3 Å². The SMILES string of the molecule is Cc1nn(C)c(C)c1Cn1cncc1C1(C)CCNCC1. The molecule has 1 aliphatic rings. The van der Waals surface area contributed by atoms with Gasteiger partial charge in [-0.25, -0.2) is 4.98 Å². The number of imidazole rings is 1. The van der Waals surface area contributed by atoms with E-state index >= 15 is 0 Å². The molecule has 5 heteroatoms. The van der Waals surface area contributed by atoms with E-state index in [9.17, 15) is 0 Å². The fourth-order valence-corrected chi connectivity index (χ4v) is 3.40. The minimum absolute atomic E-state index is 0.228. The molecule has 1 saturated heterocycles. The van der Waals surface area contributed by atoms with Crippen LogP contribution in [0, 0.1) is 13.8 Å². The largest absolute Gasteiger partial charge is 0.329 e. The highest BCUT2D eigenvalue weighted by Crippen LogP contribution is 2.33. The van der Waals surface area contributed by atoms with Gasteiger partial charge >= 0.3 is 0 Å². The lowest BCUT2D eigenvalue weighted by molar-refractivity contribution is 0.318. The Hall–Kier alpha value is -1.62. The Labute approximate surface area is 126 Å². The molecule has 0 unspecified atom stereocenters. The van der Waals surface area contributed by atoms with Crippen molar-refractivity contribution in [3.8, 4) is 0 Å². The summed E-state index contributed by atoms with van der Waals surface area (Å²) >= 11 is 0. The second-order valence-corrected chi connectivity index (χ2v) is 6.49. The normalized spacial score (nSPS) is 18.1. The Kier molecular flexibility index (Phi) is 3.61. The average molecular weight is 287 g/mol. The standard InChI is InChI=1S/C16H25N5/c1-12-14(13(2)20(4)19-12)10-21-11-18-9-15(21)16(3)5-7-17-8-6-16/h9,11,17H,5-8,10H2,1-4H3. The third-order valence-corrected chi connectivity index (χ3v) is 5.03. The van der Waals surface area contributed by atoms with Gasteiger partial charge in [-0.2, -0.15) is 5.10 Å². The van der Waals surface area contributed by atoms with Crippen LogP contribution >= 0.6 is 0 Å².